The van der Waals surface area contributed by atoms with Gasteiger partial charge in [-0.3, -0.25) is 14.3 Å². The van der Waals surface area contributed by atoms with Gasteiger partial charge in [-0.1, -0.05) is 17.7 Å². The van der Waals surface area contributed by atoms with Crippen LogP contribution in [0.25, 0.3) is 0 Å². The van der Waals surface area contributed by atoms with Gasteiger partial charge in [0.2, 0.25) is 11.8 Å². The molecule has 0 bridgehead atoms. The Hall–Kier alpha value is -2.79. The Kier molecular flexibility index (Phi) is 8.33. The maximum atomic E-state index is 13.3. The maximum Gasteiger partial charge on any atom is 0.435 e. The van der Waals surface area contributed by atoms with E-state index in [4.69, 9.17) is 16.3 Å². The zero-order valence-electron chi connectivity index (χ0n) is 20.7. The summed E-state index contributed by atoms with van der Waals surface area (Å²) >= 11 is 6.09. The maximum absolute atomic E-state index is 13.3. The van der Waals surface area contributed by atoms with E-state index in [-0.39, 0.29) is 37.9 Å². The Morgan fingerprint density at radius 2 is 1.84 bits per heavy atom. The van der Waals surface area contributed by atoms with E-state index >= 15 is 0 Å². The number of piperidine rings is 1. The predicted molar refractivity (Wildman–Crippen MR) is 131 cm³/mol. The topological polar surface area (TPSA) is 70.9 Å². The summed E-state index contributed by atoms with van der Waals surface area (Å²) < 4.78 is 45.8. The summed E-state index contributed by atoms with van der Waals surface area (Å²) in [5.74, 6) is 0.230. The van der Waals surface area contributed by atoms with Crippen molar-refractivity contribution in [2.75, 3.05) is 52.9 Å². The van der Waals surface area contributed by atoms with Crippen molar-refractivity contribution >= 4 is 23.4 Å². The molecule has 0 N–H and O–H groups in total. The van der Waals surface area contributed by atoms with Crippen molar-refractivity contribution in [2.45, 2.75) is 32.0 Å². The number of hydrogen-bond donors (Lipinski definition) is 0. The highest BCUT2D eigenvalue weighted by Crippen LogP contribution is 2.36. The molecular formula is C25H31ClF3N5O3. The van der Waals surface area contributed by atoms with E-state index in [2.05, 4.69) is 10.00 Å². The van der Waals surface area contributed by atoms with Crippen LogP contribution in [0.15, 0.2) is 36.5 Å². The number of benzene rings is 1. The number of alkyl halides is 3. The van der Waals surface area contributed by atoms with Gasteiger partial charge in [-0.25, -0.2) is 0 Å². The molecule has 2 saturated heterocycles. The van der Waals surface area contributed by atoms with Crippen molar-refractivity contribution in [3.05, 3.63) is 47.2 Å². The van der Waals surface area contributed by atoms with Crippen LogP contribution in [0.2, 0.25) is 5.02 Å². The molecule has 2 aliphatic rings. The van der Waals surface area contributed by atoms with E-state index in [1.54, 1.807) is 29.2 Å². The minimum atomic E-state index is -4.57. The zero-order valence-corrected chi connectivity index (χ0v) is 21.5. The molecular weight excluding hydrogens is 511 g/mol. The first kappa shape index (κ1) is 27.3. The molecule has 2 amide bonds. The van der Waals surface area contributed by atoms with Crippen molar-refractivity contribution in [3.8, 4) is 5.75 Å². The van der Waals surface area contributed by atoms with Crippen LogP contribution in [0.4, 0.5) is 13.2 Å². The smallest absolute Gasteiger partial charge is 0.435 e. The molecule has 4 rings (SSSR count). The minimum absolute atomic E-state index is 0.0130. The SMILES string of the molecule is CN1CCN(C(=O)C[C@@]2(COc3cccc(Cl)c3)CCCN(C(=O)Cn3ccc(C(F)(F)F)n3)C2)CC1. The summed E-state index contributed by atoms with van der Waals surface area (Å²) in [7, 11) is 2.02. The molecule has 0 spiro atoms. The predicted octanol–water partition coefficient (Wildman–Crippen LogP) is 3.41. The fourth-order valence-electron chi connectivity index (χ4n) is 4.86. The number of piperazine rings is 1. The highest BCUT2D eigenvalue weighted by molar-refractivity contribution is 6.30. The lowest BCUT2D eigenvalue weighted by Gasteiger charge is -2.43. The summed E-state index contributed by atoms with van der Waals surface area (Å²) in [5, 5.41) is 4.02. The number of ether oxygens (including phenoxy) is 1. The van der Waals surface area contributed by atoms with Gasteiger partial charge in [-0.2, -0.15) is 18.3 Å². The fourth-order valence-corrected chi connectivity index (χ4v) is 5.04. The normalized spacial score (nSPS) is 21.2. The second-order valence-corrected chi connectivity index (χ2v) is 10.4. The van der Waals surface area contributed by atoms with Crippen molar-refractivity contribution < 1.29 is 27.5 Å². The number of nitrogens with zero attached hydrogens (tertiary/aromatic N) is 5. The molecule has 37 heavy (non-hydrogen) atoms. The molecule has 1 aromatic heterocycles. The lowest BCUT2D eigenvalue weighted by Crippen LogP contribution is -2.53. The molecule has 2 aromatic rings. The van der Waals surface area contributed by atoms with Crippen LogP contribution in [0.1, 0.15) is 25.0 Å². The Labute approximate surface area is 218 Å². The quantitative estimate of drug-likeness (QED) is 0.537. The van der Waals surface area contributed by atoms with Gasteiger partial charge in [0, 0.05) is 62.3 Å². The van der Waals surface area contributed by atoms with Crippen LogP contribution in [0, 0.1) is 5.41 Å². The van der Waals surface area contributed by atoms with E-state index in [9.17, 15) is 22.8 Å². The lowest BCUT2D eigenvalue weighted by molar-refractivity contribution is -0.143. The highest BCUT2D eigenvalue weighted by atomic mass is 35.5. The minimum Gasteiger partial charge on any atom is -0.493 e. The fraction of sp³-hybridized carbons (Fsp3) is 0.560. The van der Waals surface area contributed by atoms with E-state index in [0.717, 1.165) is 30.0 Å². The molecule has 0 saturated carbocycles. The largest absolute Gasteiger partial charge is 0.493 e. The average Bonchev–Trinajstić information content (AvgIpc) is 3.33. The Bertz CT molecular complexity index is 1100. The lowest BCUT2D eigenvalue weighted by atomic mass is 9.77. The van der Waals surface area contributed by atoms with Crippen LogP contribution in [-0.4, -0.2) is 89.2 Å². The Morgan fingerprint density at radius 1 is 1.08 bits per heavy atom. The first-order valence-electron chi connectivity index (χ1n) is 12.3. The van der Waals surface area contributed by atoms with Gasteiger partial charge >= 0.3 is 6.18 Å². The van der Waals surface area contributed by atoms with E-state index in [1.807, 2.05) is 11.9 Å². The second-order valence-electron chi connectivity index (χ2n) is 9.92. The number of likely N-dealkylation sites (N-methyl/N-ethyl adjacent to an activating group) is 1. The average molecular weight is 542 g/mol. The Balaban J connectivity index is 1.48. The van der Waals surface area contributed by atoms with Gasteiger partial charge in [0.25, 0.3) is 0 Å². The van der Waals surface area contributed by atoms with E-state index < -0.39 is 17.3 Å². The number of carbonyl (C=O) groups excluding carboxylic acids is 2. The molecule has 12 heteroatoms. The van der Waals surface area contributed by atoms with Crippen molar-refractivity contribution in [2.24, 2.45) is 5.41 Å². The third kappa shape index (κ3) is 7.16. The number of carbonyl (C=O) groups is 2. The summed E-state index contributed by atoms with van der Waals surface area (Å²) in [6.45, 7) is 3.49. The van der Waals surface area contributed by atoms with E-state index in [1.165, 1.54) is 0 Å². The van der Waals surface area contributed by atoms with Crippen LogP contribution >= 0.6 is 11.6 Å². The summed E-state index contributed by atoms with van der Waals surface area (Å²) in [5.41, 5.74) is -1.68. The molecule has 0 radical (unpaired) electrons. The van der Waals surface area contributed by atoms with Gasteiger partial charge in [-0.15, -0.1) is 0 Å². The second kappa shape index (κ2) is 11.3. The molecule has 3 heterocycles. The van der Waals surface area contributed by atoms with Gasteiger partial charge < -0.3 is 19.4 Å². The summed E-state index contributed by atoms with van der Waals surface area (Å²) in [6, 6.07) is 7.83. The Morgan fingerprint density at radius 3 is 2.51 bits per heavy atom. The standard InChI is InChI=1S/C25H31ClF3N5O3/c1-31-10-12-32(13-11-31)22(35)15-24(18-37-20-5-2-4-19(26)14-20)7-3-8-33(17-24)23(36)16-34-9-6-21(30-34)25(27,28)29/h2,4-6,9,14H,3,7-8,10-13,15-18H2,1H3/t24-/m0/s1. The van der Waals surface area contributed by atoms with Crippen molar-refractivity contribution in [3.63, 3.8) is 0 Å². The first-order chi connectivity index (χ1) is 17.5. The first-order valence-corrected chi connectivity index (χ1v) is 12.6. The number of hydrogen-bond acceptors (Lipinski definition) is 5. The molecule has 2 aliphatic heterocycles. The van der Waals surface area contributed by atoms with Crippen LogP contribution < -0.4 is 4.74 Å². The van der Waals surface area contributed by atoms with Gasteiger partial charge in [-0.05, 0) is 44.2 Å². The van der Waals surface area contributed by atoms with E-state index in [0.29, 0.717) is 43.2 Å². The van der Waals surface area contributed by atoms with Crippen LogP contribution in [-0.2, 0) is 22.3 Å². The molecule has 1 aromatic carbocycles. The summed E-state index contributed by atoms with van der Waals surface area (Å²) in [4.78, 5) is 32.0. The number of aromatic nitrogens is 2. The summed E-state index contributed by atoms with van der Waals surface area (Å²) in [6.07, 6.45) is -1.89. The van der Waals surface area contributed by atoms with Crippen molar-refractivity contribution in [1.82, 2.24) is 24.5 Å². The zero-order chi connectivity index (χ0) is 26.6. The van der Waals surface area contributed by atoms with Crippen molar-refractivity contribution in [1.29, 1.82) is 0 Å². The molecule has 202 valence electrons. The monoisotopic (exact) mass is 541 g/mol. The molecule has 0 aliphatic carbocycles. The molecule has 2 fully saturated rings. The third-order valence-electron chi connectivity index (χ3n) is 6.97. The highest BCUT2D eigenvalue weighted by Gasteiger charge is 2.41. The number of halogens is 4. The molecule has 1 atom stereocenters. The van der Waals surface area contributed by atoms with Gasteiger partial charge in [0.1, 0.15) is 12.3 Å². The van der Waals surface area contributed by atoms with Crippen LogP contribution in [0.5, 0.6) is 5.75 Å². The number of likely N-dealkylation sites (tertiary alicyclic amines) is 1. The third-order valence-corrected chi connectivity index (χ3v) is 7.20. The van der Waals surface area contributed by atoms with Gasteiger partial charge in [0.15, 0.2) is 5.69 Å². The van der Waals surface area contributed by atoms with Gasteiger partial charge in [0.05, 0.1) is 6.61 Å². The molecule has 0 unspecified atom stereocenters. The van der Waals surface area contributed by atoms with Crippen LogP contribution in [0.3, 0.4) is 0 Å². The molecule has 8 nitrogen and oxygen atoms in total. The number of amides is 2. The number of rotatable bonds is 7.